The zero-order valence-corrected chi connectivity index (χ0v) is 15.0. The van der Waals surface area contributed by atoms with Gasteiger partial charge >= 0.3 is 0 Å². The van der Waals surface area contributed by atoms with E-state index in [1.165, 1.54) is 0 Å². The fourth-order valence-corrected chi connectivity index (χ4v) is 3.52. The van der Waals surface area contributed by atoms with E-state index in [0.29, 0.717) is 18.8 Å². The third-order valence-electron chi connectivity index (χ3n) is 3.53. The van der Waals surface area contributed by atoms with Gasteiger partial charge in [0.05, 0.1) is 10.4 Å². The van der Waals surface area contributed by atoms with Gasteiger partial charge in [0.1, 0.15) is 5.75 Å². The van der Waals surface area contributed by atoms with Crippen molar-refractivity contribution in [3.63, 3.8) is 0 Å². The maximum absolute atomic E-state index is 12.2. The number of rotatable bonds is 4. The van der Waals surface area contributed by atoms with E-state index in [2.05, 4.69) is 37.3 Å². The number of nitrogens with one attached hydrogen (secondary N) is 1. The molecular formula is C14H17Br2N3O3. The monoisotopic (exact) mass is 433 g/mol. The van der Waals surface area contributed by atoms with E-state index in [0.717, 1.165) is 21.8 Å². The number of carbonyl (C=O) groups excluding carboxylic acids is 2. The number of carbonyl (C=O) groups is 2. The Labute approximate surface area is 145 Å². The predicted molar refractivity (Wildman–Crippen MR) is 89.0 cm³/mol. The normalized spacial score (nSPS) is 18.0. The quantitative estimate of drug-likeness (QED) is 0.430. The van der Waals surface area contributed by atoms with E-state index in [4.69, 9.17) is 10.6 Å². The molecule has 0 aliphatic carbocycles. The van der Waals surface area contributed by atoms with Crippen LogP contribution in [0, 0.1) is 5.92 Å². The van der Waals surface area contributed by atoms with Crippen LogP contribution in [-0.2, 0) is 9.59 Å². The van der Waals surface area contributed by atoms with Crippen LogP contribution in [0.15, 0.2) is 27.1 Å². The average Bonchev–Trinajstić information content (AvgIpc) is 2.53. The Hall–Kier alpha value is -1.12. The van der Waals surface area contributed by atoms with E-state index in [9.17, 15) is 9.59 Å². The van der Waals surface area contributed by atoms with Crippen molar-refractivity contribution in [2.24, 2.45) is 11.8 Å². The second kappa shape index (κ2) is 7.94. The van der Waals surface area contributed by atoms with Crippen LogP contribution in [0.1, 0.15) is 12.8 Å². The van der Waals surface area contributed by atoms with Gasteiger partial charge in [-0.2, -0.15) is 0 Å². The minimum atomic E-state index is -0.248. The van der Waals surface area contributed by atoms with Crippen molar-refractivity contribution in [3.05, 3.63) is 27.1 Å². The summed E-state index contributed by atoms with van der Waals surface area (Å²) in [6, 6.07) is 5.47. The van der Waals surface area contributed by atoms with Crippen molar-refractivity contribution in [1.82, 2.24) is 10.3 Å². The first kappa shape index (κ1) is 17.2. The van der Waals surface area contributed by atoms with E-state index < -0.39 is 0 Å². The molecule has 2 amide bonds. The molecule has 0 aromatic heterocycles. The van der Waals surface area contributed by atoms with Gasteiger partial charge in [-0.3, -0.25) is 15.0 Å². The van der Waals surface area contributed by atoms with Crippen molar-refractivity contribution >= 4 is 43.7 Å². The molecule has 0 saturated carbocycles. The number of nitrogens with two attached hydrogens (primary N) is 1. The molecule has 0 spiro atoms. The van der Waals surface area contributed by atoms with Crippen LogP contribution in [0.3, 0.4) is 0 Å². The first-order valence-electron chi connectivity index (χ1n) is 6.87. The summed E-state index contributed by atoms with van der Waals surface area (Å²) in [4.78, 5) is 25.4. The van der Waals surface area contributed by atoms with Crippen LogP contribution in [0.5, 0.6) is 5.75 Å². The maximum atomic E-state index is 12.2. The van der Waals surface area contributed by atoms with Crippen LogP contribution in [-0.4, -0.2) is 36.4 Å². The Kier molecular flexibility index (Phi) is 6.22. The molecule has 1 saturated heterocycles. The van der Waals surface area contributed by atoms with Gasteiger partial charge in [0, 0.05) is 17.6 Å². The lowest BCUT2D eigenvalue weighted by Crippen LogP contribution is -2.48. The summed E-state index contributed by atoms with van der Waals surface area (Å²) >= 11 is 6.74. The molecule has 1 heterocycles. The van der Waals surface area contributed by atoms with Crippen molar-refractivity contribution in [3.8, 4) is 5.75 Å². The molecule has 8 heteroatoms. The molecule has 22 heavy (non-hydrogen) atoms. The Morgan fingerprint density at radius 1 is 1.41 bits per heavy atom. The standard InChI is InChI=1S/C14H17Br2N3O3/c15-10-3-4-12(11(16)6-10)22-8-13(20)19-5-1-2-9(7-19)14(21)18-17/h3-4,6,9H,1-2,5,7-8,17H2,(H,18,21). The van der Waals surface area contributed by atoms with Crippen LogP contribution < -0.4 is 16.0 Å². The number of likely N-dealkylation sites (tertiary alicyclic amines) is 1. The van der Waals surface area contributed by atoms with Crippen LogP contribution in [0.2, 0.25) is 0 Å². The van der Waals surface area contributed by atoms with Crippen molar-refractivity contribution in [2.45, 2.75) is 12.8 Å². The van der Waals surface area contributed by atoms with E-state index in [1.807, 2.05) is 12.1 Å². The smallest absolute Gasteiger partial charge is 0.260 e. The van der Waals surface area contributed by atoms with Gasteiger partial charge in [0.25, 0.3) is 5.91 Å². The van der Waals surface area contributed by atoms with Gasteiger partial charge in [-0.1, -0.05) is 15.9 Å². The zero-order valence-electron chi connectivity index (χ0n) is 11.9. The summed E-state index contributed by atoms with van der Waals surface area (Å²) < 4.78 is 7.24. The molecule has 1 aromatic rings. The van der Waals surface area contributed by atoms with Crippen LogP contribution in [0.4, 0.5) is 0 Å². The summed E-state index contributed by atoms with van der Waals surface area (Å²) in [5.74, 6) is 5.14. The van der Waals surface area contributed by atoms with Crippen LogP contribution in [0.25, 0.3) is 0 Å². The molecule has 120 valence electrons. The van der Waals surface area contributed by atoms with Crippen molar-refractivity contribution in [2.75, 3.05) is 19.7 Å². The second-order valence-electron chi connectivity index (χ2n) is 5.05. The highest BCUT2D eigenvalue weighted by Gasteiger charge is 2.28. The fourth-order valence-electron chi connectivity index (χ4n) is 2.36. The Balaban J connectivity index is 1.90. The minimum absolute atomic E-state index is 0.0583. The molecule has 1 unspecified atom stereocenters. The Morgan fingerprint density at radius 3 is 2.86 bits per heavy atom. The zero-order chi connectivity index (χ0) is 16.1. The van der Waals surface area contributed by atoms with Crippen molar-refractivity contribution < 1.29 is 14.3 Å². The van der Waals surface area contributed by atoms with Gasteiger partial charge in [-0.05, 0) is 47.0 Å². The topological polar surface area (TPSA) is 84.7 Å². The molecule has 3 N–H and O–H groups in total. The number of hydrogen-bond acceptors (Lipinski definition) is 4. The SMILES string of the molecule is NNC(=O)C1CCCN(C(=O)COc2ccc(Br)cc2Br)C1. The molecule has 1 atom stereocenters. The summed E-state index contributed by atoms with van der Waals surface area (Å²) in [6.07, 6.45) is 1.53. The van der Waals surface area contributed by atoms with Gasteiger partial charge in [-0.25, -0.2) is 5.84 Å². The number of halogens is 2. The highest BCUT2D eigenvalue weighted by atomic mass is 79.9. The average molecular weight is 435 g/mol. The number of piperidine rings is 1. The molecular weight excluding hydrogens is 418 g/mol. The third kappa shape index (κ3) is 4.44. The van der Waals surface area contributed by atoms with E-state index in [-0.39, 0.29) is 24.3 Å². The molecule has 0 radical (unpaired) electrons. The van der Waals surface area contributed by atoms with E-state index in [1.54, 1.807) is 11.0 Å². The lowest BCUT2D eigenvalue weighted by Gasteiger charge is -2.31. The second-order valence-corrected chi connectivity index (χ2v) is 6.82. The lowest BCUT2D eigenvalue weighted by atomic mass is 9.97. The fraction of sp³-hybridized carbons (Fsp3) is 0.429. The van der Waals surface area contributed by atoms with Crippen molar-refractivity contribution in [1.29, 1.82) is 0 Å². The largest absolute Gasteiger partial charge is 0.483 e. The first-order valence-corrected chi connectivity index (χ1v) is 8.46. The summed E-state index contributed by atoms with van der Waals surface area (Å²) in [6.45, 7) is 0.960. The number of hydrogen-bond donors (Lipinski definition) is 2. The minimum Gasteiger partial charge on any atom is -0.483 e. The number of ether oxygens (including phenoxy) is 1. The molecule has 1 aliphatic rings. The summed E-state index contributed by atoms with van der Waals surface area (Å²) in [5.41, 5.74) is 2.15. The maximum Gasteiger partial charge on any atom is 0.260 e. The highest BCUT2D eigenvalue weighted by Crippen LogP contribution is 2.28. The molecule has 1 fully saturated rings. The third-order valence-corrected chi connectivity index (χ3v) is 4.65. The van der Waals surface area contributed by atoms with Gasteiger partial charge in [0.15, 0.2) is 6.61 Å². The molecule has 2 rings (SSSR count). The highest BCUT2D eigenvalue weighted by molar-refractivity contribution is 9.11. The molecule has 0 bridgehead atoms. The summed E-state index contributed by atoms with van der Waals surface area (Å²) in [7, 11) is 0. The Morgan fingerprint density at radius 2 is 2.18 bits per heavy atom. The molecule has 6 nitrogen and oxygen atoms in total. The number of hydrazine groups is 1. The first-order chi connectivity index (χ1) is 10.5. The van der Waals surface area contributed by atoms with E-state index >= 15 is 0 Å². The Bertz CT molecular complexity index is 568. The van der Waals surface area contributed by atoms with Gasteiger partial charge < -0.3 is 9.64 Å². The van der Waals surface area contributed by atoms with Gasteiger partial charge in [-0.15, -0.1) is 0 Å². The number of amides is 2. The predicted octanol–water partition coefficient (Wildman–Crippen LogP) is 1.82. The number of nitrogens with zero attached hydrogens (tertiary/aromatic N) is 1. The molecule has 1 aromatic carbocycles. The molecule has 1 aliphatic heterocycles. The van der Waals surface area contributed by atoms with Crippen LogP contribution >= 0.6 is 31.9 Å². The summed E-state index contributed by atoms with van der Waals surface area (Å²) in [5, 5.41) is 0. The number of benzene rings is 1. The van der Waals surface area contributed by atoms with Gasteiger partial charge in [0.2, 0.25) is 5.91 Å². The lowest BCUT2D eigenvalue weighted by molar-refractivity contribution is -0.137.